The predicted molar refractivity (Wildman–Crippen MR) is 105 cm³/mol. The number of hydrogen-bond donors (Lipinski definition) is 2. The molecule has 0 bridgehead atoms. The van der Waals surface area contributed by atoms with Crippen LogP contribution in [0.4, 0.5) is 10.1 Å². The highest BCUT2D eigenvalue weighted by Gasteiger charge is 2.08. The van der Waals surface area contributed by atoms with Crippen molar-refractivity contribution in [3.05, 3.63) is 87.9 Å². The van der Waals surface area contributed by atoms with Crippen LogP contribution in [0, 0.1) is 5.82 Å². The molecule has 0 unspecified atom stereocenters. The lowest BCUT2D eigenvalue weighted by atomic mass is 10.1. The zero-order valence-corrected chi connectivity index (χ0v) is 15.2. The first-order valence-electron chi connectivity index (χ1n) is 8.08. The van der Waals surface area contributed by atoms with E-state index in [2.05, 4.69) is 15.8 Å². The zero-order valence-electron chi connectivity index (χ0n) is 14.4. The Morgan fingerprint density at radius 1 is 0.963 bits per heavy atom. The van der Waals surface area contributed by atoms with Gasteiger partial charge in [0.1, 0.15) is 5.82 Å². The molecule has 0 atom stereocenters. The molecule has 136 valence electrons. The third-order valence-electron chi connectivity index (χ3n) is 3.72. The number of thiophene rings is 1. The first-order valence-corrected chi connectivity index (χ1v) is 8.96. The molecule has 0 aliphatic rings. The van der Waals surface area contributed by atoms with E-state index in [4.69, 9.17) is 0 Å². The average molecular weight is 381 g/mol. The van der Waals surface area contributed by atoms with Crippen molar-refractivity contribution in [1.29, 1.82) is 0 Å². The lowest BCUT2D eigenvalue weighted by Gasteiger charge is -2.06. The van der Waals surface area contributed by atoms with E-state index in [9.17, 15) is 14.0 Å². The van der Waals surface area contributed by atoms with Gasteiger partial charge in [-0.25, -0.2) is 9.82 Å². The zero-order chi connectivity index (χ0) is 19.2. The molecule has 1 heterocycles. The Hall–Kier alpha value is -3.32. The molecule has 0 radical (unpaired) electrons. The van der Waals surface area contributed by atoms with Gasteiger partial charge in [-0.1, -0.05) is 24.3 Å². The number of hydrogen-bond acceptors (Lipinski definition) is 4. The van der Waals surface area contributed by atoms with Gasteiger partial charge < -0.3 is 5.32 Å². The van der Waals surface area contributed by atoms with Crippen molar-refractivity contribution >= 4 is 34.6 Å². The van der Waals surface area contributed by atoms with Crippen molar-refractivity contribution in [2.24, 2.45) is 5.10 Å². The van der Waals surface area contributed by atoms with Crippen LogP contribution in [0.2, 0.25) is 0 Å². The van der Waals surface area contributed by atoms with Crippen molar-refractivity contribution in [1.82, 2.24) is 5.43 Å². The Morgan fingerprint density at radius 2 is 1.74 bits per heavy atom. The van der Waals surface area contributed by atoms with Crippen LogP contribution in [0.1, 0.15) is 32.5 Å². The molecule has 2 aromatic carbocycles. The highest BCUT2D eigenvalue weighted by molar-refractivity contribution is 7.12. The van der Waals surface area contributed by atoms with Crippen LogP contribution in [0.25, 0.3) is 0 Å². The Balaban J connectivity index is 1.63. The van der Waals surface area contributed by atoms with Crippen LogP contribution >= 0.6 is 11.3 Å². The fourth-order valence-corrected chi connectivity index (χ4v) is 2.91. The van der Waals surface area contributed by atoms with E-state index in [1.807, 2.05) is 11.4 Å². The summed E-state index contributed by atoms with van der Waals surface area (Å²) in [5.41, 5.74) is 4.62. The normalized spacial score (nSPS) is 11.1. The second kappa shape index (κ2) is 8.37. The molecule has 2 N–H and O–H groups in total. The number of nitrogens with zero attached hydrogens (tertiary/aromatic N) is 1. The summed E-state index contributed by atoms with van der Waals surface area (Å²) < 4.78 is 13.2. The molecule has 0 saturated heterocycles. The lowest BCUT2D eigenvalue weighted by molar-refractivity contribution is 0.0953. The second-order valence-electron chi connectivity index (χ2n) is 5.66. The third-order valence-corrected chi connectivity index (χ3v) is 4.59. The van der Waals surface area contributed by atoms with Crippen molar-refractivity contribution in [3.63, 3.8) is 0 Å². The summed E-state index contributed by atoms with van der Waals surface area (Å²) in [7, 11) is 0. The minimum Gasteiger partial charge on any atom is -0.321 e. The highest BCUT2D eigenvalue weighted by atomic mass is 32.1. The van der Waals surface area contributed by atoms with Crippen molar-refractivity contribution in [2.45, 2.75) is 6.92 Å². The molecule has 3 rings (SSSR count). The smallest absolute Gasteiger partial charge is 0.271 e. The molecule has 0 saturated carbocycles. The maximum Gasteiger partial charge on any atom is 0.271 e. The van der Waals surface area contributed by atoms with Crippen molar-refractivity contribution in [2.75, 3.05) is 5.32 Å². The number of nitrogens with one attached hydrogen (secondary N) is 2. The molecule has 7 heteroatoms. The van der Waals surface area contributed by atoms with E-state index in [1.54, 1.807) is 37.3 Å². The standard InChI is InChI=1S/C20H16FN3O2S/c1-13(23-24-19(25)15-4-2-5-16(21)12-15)14-7-9-17(10-8-14)22-20(26)18-6-3-11-27-18/h2-12H,1H3,(H,22,26)(H,24,25)/b23-13+. The van der Waals surface area contributed by atoms with Gasteiger partial charge in [0, 0.05) is 11.3 Å². The number of carbonyl (C=O) groups excluding carboxylic acids is 2. The average Bonchev–Trinajstić information content (AvgIpc) is 3.21. The van der Waals surface area contributed by atoms with Crippen molar-refractivity contribution in [3.8, 4) is 0 Å². The summed E-state index contributed by atoms with van der Waals surface area (Å²) in [6.07, 6.45) is 0. The summed E-state index contributed by atoms with van der Waals surface area (Å²) in [5, 5.41) is 8.70. The highest BCUT2D eigenvalue weighted by Crippen LogP contribution is 2.14. The number of anilines is 1. The SMILES string of the molecule is C/C(=N\NC(=O)c1cccc(F)c1)c1ccc(NC(=O)c2cccs2)cc1. The van der Waals surface area contributed by atoms with Crippen LogP contribution in [-0.4, -0.2) is 17.5 Å². The minimum atomic E-state index is -0.492. The second-order valence-corrected chi connectivity index (χ2v) is 6.60. The van der Waals surface area contributed by atoms with Gasteiger partial charge in [-0.05, 0) is 54.3 Å². The van der Waals surface area contributed by atoms with Gasteiger partial charge in [0.25, 0.3) is 11.8 Å². The number of rotatable bonds is 5. The number of benzene rings is 2. The molecular formula is C20H16FN3O2S. The lowest BCUT2D eigenvalue weighted by Crippen LogP contribution is -2.19. The van der Waals surface area contributed by atoms with E-state index in [1.165, 1.54) is 29.5 Å². The largest absolute Gasteiger partial charge is 0.321 e. The topological polar surface area (TPSA) is 70.6 Å². The van der Waals surface area contributed by atoms with Crippen LogP contribution in [0.3, 0.4) is 0 Å². The molecular weight excluding hydrogens is 365 g/mol. The van der Waals surface area contributed by atoms with Gasteiger partial charge in [-0.15, -0.1) is 11.3 Å². The fourth-order valence-electron chi connectivity index (χ4n) is 2.29. The third kappa shape index (κ3) is 4.86. The Labute approximate surface area is 159 Å². The number of carbonyl (C=O) groups is 2. The number of hydrazone groups is 1. The first kappa shape index (κ1) is 18.5. The molecule has 5 nitrogen and oxygen atoms in total. The maximum absolute atomic E-state index is 13.2. The minimum absolute atomic E-state index is 0.162. The molecule has 0 fully saturated rings. The predicted octanol–water partition coefficient (Wildman–Crippen LogP) is 4.29. The van der Waals surface area contributed by atoms with Gasteiger partial charge >= 0.3 is 0 Å². The Morgan fingerprint density at radius 3 is 2.41 bits per heavy atom. The van der Waals surface area contributed by atoms with E-state index in [0.29, 0.717) is 16.3 Å². The molecule has 2 amide bonds. The van der Waals surface area contributed by atoms with Gasteiger partial charge in [0.15, 0.2) is 0 Å². The molecule has 0 aliphatic heterocycles. The van der Waals surface area contributed by atoms with Crippen LogP contribution in [0.5, 0.6) is 0 Å². The summed E-state index contributed by atoms with van der Waals surface area (Å²) >= 11 is 1.37. The first-order chi connectivity index (χ1) is 13.0. The van der Waals surface area contributed by atoms with Gasteiger partial charge in [-0.2, -0.15) is 5.10 Å². The summed E-state index contributed by atoms with van der Waals surface area (Å²) in [6, 6.07) is 16.1. The van der Waals surface area contributed by atoms with E-state index in [-0.39, 0.29) is 11.5 Å². The van der Waals surface area contributed by atoms with Gasteiger partial charge in [-0.3, -0.25) is 9.59 Å². The molecule has 3 aromatic rings. The maximum atomic E-state index is 13.2. The summed E-state index contributed by atoms with van der Waals surface area (Å²) in [5.74, 6) is -1.14. The Bertz CT molecular complexity index is 983. The van der Waals surface area contributed by atoms with Crippen LogP contribution < -0.4 is 10.7 Å². The monoisotopic (exact) mass is 381 g/mol. The van der Waals surface area contributed by atoms with Crippen molar-refractivity contribution < 1.29 is 14.0 Å². The Kier molecular flexibility index (Phi) is 5.73. The van der Waals surface area contributed by atoms with E-state index < -0.39 is 11.7 Å². The fraction of sp³-hybridized carbons (Fsp3) is 0.0500. The quantitative estimate of drug-likeness (QED) is 0.511. The van der Waals surface area contributed by atoms with E-state index >= 15 is 0 Å². The van der Waals surface area contributed by atoms with Crippen LogP contribution in [-0.2, 0) is 0 Å². The summed E-state index contributed by atoms with van der Waals surface area (Å²) in [4.78, 5) is 24.7. The molecule has 1 aromatic heterocycles. The summed E-state index contributed by atoms with van der Waals surface area (Å²) in [6.45, 7) is 1.74. The van der Waals surface area contributed by atoms with E-state index in [0.717, 1.165) is 11.6 Å². The van der Waals surface area contributed by atoms with Gasteiger partial charge in [0.05, 0.1) is 10.6 Å². The molecule has 0 spiro atoms. The molecule has 0 aliphatic carbocycles. The van der Waals surface area contributed by atoms with Crippen LogP contribution in [0.15, 0.2) is 71.1 Å². The number of amides is 2. The molecule has 27 heavy (non-hydrogen) atoms. The van der Waals surface area contributed by atoms with Gasteiger partial charge in [0.2, 0.25) is 0 Å². The number of halogens is 1.